The van der Waals surface area contributed by atoms with Crippen molar-refractivity contribution in [1.82, 2.24) is 14.3 Å². The van der Waals surface area contributed by atoms with Gasteiger partial charge in [0.1, 0.15) is 11.5 Å². The molecule has 0 fully saturated rings. The minimum Gasteiger partial charge on any atom is -0.365 e. The van der Waals surface area contributed by atoms with Gasteiger partial charge in [-0.1, -0.05) is 29.8 Å². The summed E-state index contributed by atoms with van der Waals surface area (Å²) in [6, 6.07) is 20.0. The first-order valence-electron chi connectivity index (χ1n) is 10.5. The summed E-state index contributed by atoms with van der Waals surface area (Å²) in [7, 11) is 0. The number of rotatable bonds is 7. The third kappa shape index (κ3) is 4.75. The van der Waals surface area contributed by atoms with Crippen molar-refractivity contribution >= 4 is 46.0 Å². The molecule has 0 amide bonds. The summed E-state index contributed by atoms with van der Waals surface area (Å²) in [6.07, 6.45) is 1.76. The molecule has 5 aromatic rings. The molecule has 0 radical (unpaired) electrons. The van der Waals surface area contributed by atoms with Crippen LogP contribution in [0.15, 0.2) is 88.5 Å². The first-order chi connectivity index (χ1) is 16.6. The van der Waals surface area contributed by atoms with E-state index in [2.05, 4.69) is 10.4 Å². The maximum Gasteiger partial charge on any atom is 0.280 e. The first kappa shape index (κ1) is 22.3. The van der Waals surface area contributed by atoms with Crippen LogP contribution in [0.5, 0.6) is 0 Å². The van der Waals surface area contributed by atoms with Crippen molar-refractivity contribution in [3.63, 3.8) is 0 Å². The van der Waals surface area contributed by atoms with E-state index in [0.717, 1.165) is 10.4 Å². The predicted octanol–water partition coefficient (Wildman–Crippen LogP) is 5.84. The molecule has 6 nitrogen and oxygen atoms in total. The molecule has 0 aliphatic carbocycles. The molecule has 5 rings (SSSR count). The fourth-order valence-corrected chi connectivity index (χ4v) is 5.24. The van der Waals surface area contributed by atoms with Crippen LogP contribution in [-0.2, 0) is 13.1 Å². The van der Waals surface area contributed by atoms with Gasteiger partial charge in [0.15, 0.2) is 0 Å². The monoisotopic (exact) mass is 506 g/mol. The molecule has 34 heavy (non-hydrogen) atoms. The highest BCUT2D eigenvalue weighted by atomic mass is 35.5. The second-order valence-electron chi connectivity index (χ2n) is 7.54. The Hall–Kier alpha value is -3.46. The summed E-state index contributed by atoms with van der Waals surface area (Å²) in [5.41, 5.74) is 2.26. The van der Waals surface area contributed by atoms with Gasteiger partial charge in [-0.25, -0.2) is 0 Å². The third-order valence-corrected chi connectivity index (χ3v) is 7.19. The van der Waals surface area contributed by atoms with Gasteiger partial charge >= 0.3 is 0 Å². The lowest BCUT2D eigenvalue weighted by Crippen LogP contribution is -2.21. The van der Waals surface area contributed by atoms with E-state index in [1.165, 1.54) is 16.0 Å². The van der Waals surface area contributed by atoms with Gasteiger partial charge in [0, 0.05) is 22.7 Å². The zero-order valence-electron chi connectivity index (χ0n) is 17.8. The van der Waals surface area contributed by atoms with Crippen molar-refractivity contribution in [2.75, 3.05) is 5.32 Å². The van der Waals surface area contributed by atoms with E-state index in [1.807, 2.05) is 41.1 Å². The van der Waals surface area contributed by atoms with Crippen LogP contribution in [-0.4, -0.2) is 20.3 Å². The Balaban J connectivity index is 1.52. The van der Waals surface area contributed by atoms with Gasteiger partial charge in [0.05, 0.1) is 23.0 Å². The molecule has 0 saturated heterocycles. The fraction of sp³-hybridized carbons (Fsp3) is 0.0800. The maximum atomic E-state index is 13.3. The lowest BCUT2D eigenvalue weighted by molar-refractivity contribution is 0.0948. The molecule has 0 aliphatic heterocycles. The largest absolute Gasteiger partial charge is 0.365 e. The summed E-state index contributed by atoms with van der Waals surface area (Å²) in [5, 5.41) is 11.8. The van der Waals surface area contributed by atoms with Crippen LogP contribution >= 0.6 is 34.3 Å². The van der Waals surface area contributed by atoms with E-state index in [-0.39, 0.29) is 11.5 Å². The molecule has 1 aromatic carbocycles. The lowest BCUT2D eigenvalue weighted by atomic mass is 10.2. The highest BCUT2D eigenvalue weighted by Crippen LogP contribution is 2.25. The first-order valence-corrected chi connectivity index (χ1v) is 12.6. The molecule has 0 unspecified atom stereocenters. The summed E-state index contributed by atoms with van der Waals surface area (Å²) in [5.74, 6) is 0.217. The molecule has 0 spiro atoms. The number of carbonyl (C=O) groups is 1. The standard InChI is InChI=1S/C25H19ClN4O2S2/c26-22-9-8-19(34-22)14-27-23-13-21(28-30(23)24(31)18-5-2-1-3-6-18)20-7-4-11-29(25(20)32)15-17-10-12-33-16-17/h1-13,16,27H,14-15H2. The van der Waals surface area contributed by atoms with Crippen LogP contribution in [0.1, 0.15) is 20.8 Å². The Morgan fingerprint density at radius 2 is 1.91 bits per heavy atom. The molecular weight excluding hydrogens is 488 g/mol. The number of pyridine rings is 1. The van der Waals surface area contributed by atoms with Crippen LogP contribution in [0.2, 0.25) is 4.34 Å². The quantitative estimate of drug-likeness (QED) is 0.301. The smallest absolute Gasteiger partial charge is 0.280 e. The number of nitrogens with zero attached hydrogens (tertiary/aromatic N) is 3. The van der Waals surface area contributed by atoms with E-state index in [0.29, 0.717) is 40.1 Å². The van der Waals surface area contributed by atoms with Crippen molar-refractivity contribution in [3.05, 3.63) is 114 Å². The molecule has 0 atom stereocenters. The second-order valence-corrected chi connectivity index (χ2v) is 10.1. The zero-order valence-corrected chi connectivity index (χ0v) is 20.2. The maximum absolute atomic E-state index is 13.3. The van der Waals surface area contributed by atoms with E-state index < -0.39 is 0 Å². The van der Waals surface area contributed by atoms with Crippen LogP contribution in [0, 0.1) is 0 Å². The molecule has 1 N–H and O–H groups in total. The Kier molecular flexibility index (Phi) is 6.44. The molecular formula is C25H19ClN4O2S2. The van der Waals surface area contributed by atoms with Gasteiger partial charge in [0.25, 0.3) is 11.5 Å². The van der Waals surface area contributed by atoms with Crippen molar-refractivity contribution in [2.45, 2.75) is 13.1 Å². The number of benzene rings is 1. The minimum atomic E-state index is -0.284. The zero-order chi connectivity index (χ0) is 23.5. The average molecular weight is 507 g/mol. The minimum absolute atomic E-state index is 0.165. The summed E-state index contributed by atoms with van der Waals surface area (Å²) in [6.45, 7) is 0.950. The molecule has 9 heteroatoms. The van der Waals surface area contributed by atoms with Gasteiger partial charge in [-0.3, -0.25) is 9.59 Å². The molecule has 0 bridgehead atoms. The van der Waals surface area contributed by atoms with E-state index in [1.54, 1.807) is 58.5 Å². The van der Waals surface area contributed by atoms with Crippen LogP contribution < -0.4 is 10.9 Å². The molecule has 170 valence electrons. The second kappa shape index (κ2) is 9.80. The average Bonchev–Trinajstić information content (AvgIpc) is 3.61. The summed E-state index contributed by atoms with van der Waals surface area (Å²) in [4.78, 5) is 27.5. The Bertz CT molecular complexity index is 1490. The van der Waals surface area contributed by atoms with Gasteiger partial charge in [-0.05, 0) is 58.8 Å². The van der Waals surface area contributed by atoms with Crippen LogP contribution in [0.4, 0.5) is 5.82 Å². The fourth-order valence-electron chi connectivity index (χ4n) is 3.56. The van der Waals surface area contributed by atoms with Gasteiger partial charge in [0.2, 0.25) is 0 Å². The molecule has 0 saturated carbocycles. The van der Waals surface area contributed by atoms with Crippen LogP contribution in [0.25, 0.3) is 11.3 Å². The highest BCUT2D eigenvalue weighted by Gasteiger charge is 2.19. The molecule has 0 aliphatic rings. The number of aromatic nitrogens is 3. The number of carbonyl (C=O) groups excluding carboxylic acids is 1. The van der Waals surface area contributed by atoms with Crippen molar-refractivity contribution in [3.8, 4) is 11.3 Å². The summed E-state index contributed by atoms with van der Waals surface area (Å²) >= 11 is 9.11. The van der Waals surface area contributed by atoms with E-state index >= 15 is 0 Å². The Morgan fingerprint density at radius 1 is 1.06 bits per heavy atom. The predicted molar refractivity (Wildman–Crippen MR) is 138 cm³/mol. The van der Waals surface area contributed by atoms with Crippen molar-refractivity contribution in [1.29, 1.82) is 0 Å². The SMILES string of the molecule is O=C(c1ccccc1)n1nc(-c2cccn(Cc3ccsc3)c2=O)cc1NCc1ccc(Cl)s1. The molecule has 4 aromatic heterocycles. The van der Waals surface area contributed by atoms with E-state index in [9.17, 15) is 9.59 Å². The van der Waals surface area contributed by atoms with Crippen molar-refractivity contribution < 1.29 is 4.79 Å². The Labute approximate surface area is 208 Å². The number of anilines is 1. The Morgan fingerprint density at radius 3 is 2.65 bits per heavy atom. The van der Waals surface area contributed by atoms with Gasteiger partial charge < -0.3 is 9.88 Å². The third-order valence-electron chi connectivity index (χ3n) is 5.22. The van der Waals surface area contributed by atoms with Crippen molar-refractivity contribution in [2.24, 2.45) is 0 Å². The lowest BCUT2D eigenvalue weighted by Gasteiger charge is -2.08. The summed E-state index contributed by atoms with van der Waals surface area (Å²) < 4.78 is 3.66. The number of hydrogen-bond donors (Lipinski definition) is 1. The number of halogens is 1. The van der Waals surface area contributed by atoms with E-state index in [4.69, 9.17) is 11.6 Å². The van der Waals surface area contributed by atoms with Gasteiger partial charge in [-0.15, -0.1) is 11.3 Å². The molecule has 4 heterocycles. The number of nitrogens with one attached hydrogen (secondary N) is 1. The topological polar surface area (TPSA) is 68.9 Å². The van der Waals surface area contributed by atoms with Gasteiger partial charge in [-0.2, -0.15) is 21.1 Å². The number of thiophene rings is 2. The number of hydrogen-bond acceptors (Lipinski definition) is 6. The normalized spacial score (nSPS) is 11.0. The van der Waals surface area contributed by atoms with Crippen LogP contribution in [0.3, 0.4) is 0 Å². The highest BCUT2D eigenvalue weighted by molar-refractivity contribution is 7.16.